The normalized spacial score (nSPS) is 15.8. The van der Waals surface area contributed by atoms with Crippen LogP contribution in [0.1, 0.15) is 37.3 Å². The summed E-state index contributed by atoms with van der Waals surface area (Å²) in [5.41, 5.74) is 1.18. The van der Waals surface area contributed by atoms with Gasteiger partial charge in [0.2, 0.25) is 0 Å². The van der Waals surface area contributed by atoms with Crippen LogP contribution in [0.2, 0.25) is 0 Å². The molecule has 0 bridgehead atoms. The van der Waals surface area contributed by atoms with Gasteiger partial charge in [-0.1, -0.05) is 13.8 Å². The van der Waals surface area contributed by atoms with Crippen LogP contribution in [0.5, 0.6) is 0 Å². The predicted octanol–water partition coefficient (Wildman–Crippen LogP) is 2.55. The summed E-state index contributed by atoms with van der Waals surface area (Å²) in [6, 6.07) is 1.28. The molecule has 0 aromatic carbocycles. The maximum absolute atomic E-state index is 4.65. The number of hydrogen-bond donors (Lipinski definition) is 1. The molecule has 0 radical (unpaired) electrons. The van der Waals surface area contributed by atoms with E-state index < -0.39 is 0 Å². The third kappa shape index (κ3) is 2.74. The highest BCUT2D eigenvalue weighted by molar-refractivity contribution is 7.15. The van der Waals surface area contributed by atoms with E-state index in [2.05, 4.69) is 43.0 Å². The monoisotopic (exact) mass is 239 g/mol. The van der Waals surface area contributed by atoms with E-state index in [4.69, 9.17) is 0 Å². The Morgan fingerprint density at radius 3 is 2.75 bits per heavy atom. The molecular weight excluding hydrogens is 218 g/mol. The van der Waals surface area contributed by atoms with Crippen molar-refractivity contribution < 1.29 is 0 Å². The van der Waals surface area contributed by atoms with Gasteiger partial charge in [0.1, 0.15) is 0 Å². The summed E-state index contributed by atoms with van der Waals surface area (Å²) in [6.45, 7) is 7.40. The summed E-state index contributed by atoms with van der Waals surface area (Å²) in [5, 5.41) is 4.63. The van der Waals surface area contributed by atoms with Crippen molar-refractivity contribution in [1.29, 1.82) is 0 Å². The second kappa shape index (κ2) is 4.72. The molecular formula is C12H21N3S. The molecule has 2 rings (SSSR count). The smallest absolute Gasteiger partial charge is 0.185 e. The molecule has 90 valence electrons. The van der Waals surface area contributed by atoms with Gasteiger partial charge in [0, 0.05) is 30.6 Å². The van der Waals surface area contributed by atoms with E-state index >= 15 is 0 Å². The first-order valence-electron chi connectivity index (χ1n) is 6.00. The highest BCUT2D eigenvalue weighted by atomic mass is 32.1. The molecule has 1 N–H and O–H groups in total. The zero-order valence-electron chi connectivity index (χ0n) is 10.6. The van der Waals surface area contributed by atoms with Crippen LogP contribution in [-0.2, 0) is 6.54 Å². The number of aromatic nitrogens is 1. The predicted molar refractivity (Wildman–Crippen MR) is 70.3 cm³/mol. The Hall–Kier alpha value is -0.610. The average Bonchev–Trinajstić information content (AvgIpc) is 2.99. The molecule has 1 saturated carbocycles. The number of anilines is 1. The lowest BCUT2D eigenvalue weighted by molar-refractivity contribution is 0.591. The van der Waals surface area contributed by atoms with Crippen LogP contribution in [0.25, 0.3) is 0 Å². The van der Waals surface area contributed by atoms with E-state index in [1.54, 1.807) is 0 Å². The second-order valence-electron chi connectivity index (χ2n) is 4.88. The molecule has 0 saturated heterocycles. The Labute approximate surface area is 102 Å². The van der Waals surface area contributed by atoms with Gasteiger partial charge in [-0.25, -0.2) is 4.98 Å². The van der Waals surface area contributed by atoms with E-state index in [0.717, 1.165) is 12.6 Å². The Kier molecular flexibility index (Phi) is 3.50. The lowest BCUT2D eigenvalue weighted by atomic mass is 10.3. The van der Waals surface area contributed by atoms with Gasteiger partial charge < -0.3 is 10.2 Å². The van der Waals surface area contributed by atoms with Crippen LogP contribution in [-0.4, -0.2) is 24.1 Å². The topological polar surface area (TPSA) is 28.2 Å². The van der Waals surface area contributed by atoms with Crippen LogP contribution < -0.4 is 10.2 Å². The average molecular weight is 239 g/mol. The molecule has 1 heterocycles. The lowest BCUT2D eigenvalue weighted by Gasteiger charge is -2.13. The number of aryl methyl sites for hydroxylation is 1. The van der Waals surface area contributed by atoms with Gasteiger partial charge in [-0.3, -0.25) is 0 Å². The molecule has 0 atom stereocenters. The summed E-state index contributed by atoms with van der Waals surface area (Å²) in [4.78, 5) is 8.36. The molecule has 1 aromatic heterocycles. The van der Waals surface area contributed by atoms with Gasteiger partial charge >= 0.3 is 0 Å². The van der Waals surface area contributed by atoms with Crippen molar-refractivity contribution in [3.05, 3.63) is 10.6 Å². The molecule has 1 aromatic rings. The maximum atomic E-state index is 4.65. The second-order valence-corrected chi connectivity index (χ2v) is 5.94. The van der Waals surface area contributed by atoms with Crippen LogP contribution in [0, 0.1) is 6.92 Å². The Morgan fingerprint density at radius 2 is 2.19 bits per heavy atom. The van der Waals surface area contributed by atoms with Crippen molar-refractivity contribution in [3.63, 3.8) is 0 Å². The minimum atomic E-state index is 0.533. The van der Waals surface area contributed by atoms with E-state index in [1.807, 2.05) is 11.3 Å². The third-order valence-corrected chi connectivity index (χ3v) is 4.20. The largest absolute Gasteiger partial charge is 0.348 e. The lowest BCUT2D eigenvalue weighted by Crippen LogP contribution is -2.21. The highest BCUT2D eigenvalue weighted by Crippen LogP contribution is 2.33. The molecule has 0 amide bonds. The SMILES string of the molecule is Cc1nc(N(C)C2CC2)sc1CNC(C)C. The summed E-state index contributed by atoms with van der Waals surface area (Å²) in [5.74, 6) is 0. The Balaban J connectivity index is 2.02. The molecule has 4 heteroatoms. The van der Waals surface area contributed by atoms with Gasteiger partial charge in [0.25, 0.3) is 0 Å². The molecule has 16 heavy (non-hydrogen) atoms. The van der Waals surface area contributed by atoms with Crippen LogP contribution in [0.15, 0.2) is 0 Å². The molecule has 3 nitrogen and oxygen atoms in total. The van der Waals surface area contributed by atoms with Gasteiger partial charge in [0.05, 0.1) is 5.69 Å². The maximum Gasteiger partial charge on any atom is 0.185 e. The first-order chi connectivity index (χ1) is 7.58. The van der Waals surface area contributed by atoms with Gasteiger partial charge in [-0.05, 0) is 19.8 Å². The number of hydrogen-bond acceptors (Lipinski definition) is 4. The van der Waals surface area contributed by atoms with Crippen molar-refractivity contribution in [2.75, 3.05) is 11.9 Å². The van der Waals surface area contributed by atoms with Gasteiger partial charge in [-0.2, -0.15) is 0 Å². The summed E-state index contributed by atoms with van der Waals surface area (Å²) in [7, 11) is 2.16. The third-order valence-electron chi connectivity index (χ3n) is 2.95. The minimum Gasteiger partial charge on any atom is -0.348 e. The van der Waals surface area contributed by atoms with Crippen molar-refractivity contribution >= 4 is 16.5 Å². The molecule has 1 fully saturated rings. The highest BCUT2D eigenvalue weighted by Gasteiger charge is 2.28. The molecule has 0 aliphatic heterocycles. The summed E-state index contributed by atoms with van der Waals surface area (Å²) in [6.07, 6.45) is 2.66. The van der Waals surface area contributed by atoms with Gasteiger partial charge in [-0.15, -0.1) is 11.3 Å². The number of rotatable bonds is 5. The quantitative estimate of drug-likeness (QED) is 0.856. The summed E-state index contributed by atoms with van der Waals surface area (Å²) >= 11 is 1.83. The van der Waals surface area contributed by atoms with E-state index in [0.29, 0.717) is 6.04 Å². The summed E-state index contributed by atoms with van der Waals surface area (Å²) < 4.78 is 0. The zero-order chi connectivity index (χ0) is 11.7. The van der Waals surface area contributed by atoms with Crippen molar-refractivity contribution in [2.45, 2.75) is 52.2 Å². The van der Waals surface area contributed by atoms with Crippen molar-refractivity contribution in [3.8, 4) is 0 Å². The van der Waals surface area contributed by atoms with E-state index in [1.165, 1.54) is 28.5 Å². The first-order valence-corrected chi connectivity index (χ1v) is 6.82. The van der Waals surface area contributed by atoms with E-state index in [-0.39, 0.29) is 0 Å². The number of nitrogens with zero attached hydrogens (tertiary/aromatic N) is 2. The number of nitrogens with one attached hydrogen (secondary N) is 1. The fourth-order valence-corrected chi connectivity index (χ4v) is 2.69. The van der Waals surface area contributed by atoms with Crippen LogP contribution in [0.3, 0.4) is 0 Å². The minimum absolute atomic E-state index is 0.533. The van der Waals surface area contributed by atoms with Crippen molar-refractivity contribution in [1.82, 2.24) is 10.3 Å². The molecule has 1 aliphatic carbocycles. The van der Waals surface area contributed by atoms with Gasteiger partial charge in [0.15, 0.2) is 5.13 Å². The fourth-order valence-electron chi connectivity index (χ4n) is 1.64. The molecule has 0 unspecified atom stereocenters. The molecule has 1 aliphatic rings. The standard InChI is InChI=1S/C12H21N3S/c1-8(2)13-7-11-9(3)14-12(16-11)15(4)10-5-6-10/h8,10,13H,5-7H2,1-4H3. The van der Waals surface area contributed by atoms with Crippen LogP contribution >= 0.6 is 11.3 Å². The Bertz CT molecular complexity index is 355. The van der Waals surface area contributed by atoms with E-state index in [9.17, 15) is 0 Å². The first kappa shape index (κ1) is 11.9. The van der Waals surface area contributed by atoms with Crippen LogP contribution in [0.4, 0.5) is 5.13 Å². The number of thiazole rings is 1. The Morgan fingerprint density at radius 1 is 1.50 bits per heavy atom. The molecule has 0 spiro atoms. The van der Waals surface area contributed by atoms with Crippen molar-refractivity contribution in [2.24, 2.45) is 0 Å². The zero-order valence-corrected chi connectivity index (χ0v) is 11.4. The fraction of sp³-hybridized carbons (Fsp3) is 0.750.